The fourth-order valence-electron chi connectivity index (χ4n) is 2.81. The van der Waals surface area contributed by atoms with Crippen molar-refractivity contribution in [2.24, 2.45) is 5.41 Å². The maximum Gasteiger partial charge on any atom is 0.309 e. The van der Waals surface area contributed by atoms with Gasteiger partial charge in [-0.25, -0.2) is 0 Å². The molecule has 0 saturated heterocycles. The van der Waals surface area contributed by atoms with Gasteiger partial charge in [0.2, 0.25) is 0 Å². The van der Waals surface area contributed by atoms with Gasteiger partial charge >= 0.3 is 5.97 Å². The molecule has 0 spiro atoms. The van der Waals surface area contributed by atoms with E-state index in [-0.39, 0.29) is 0 Å². The number of hydrogen-bond acceptors (Lipinski definition) is 2. The minimum atomic E-state index is -0.587. The van der Waals surface area contributed by atoms with E-state index < -0.39 is 11.4 Å². The number of aliphatic carboxylic acids is 1. The van der Waals surface area contributed by atoms with Crippen molar-refractivity contribution in [2.45, 2.75) is 64.7 Å². The molecule has 0 aromatic carbocycles. The van der Waals surface area contributed by atoms with E-state index in [1.807, 2.05) is 6.92 Å². The highest BCUT2D eigenvalue weighted by molar-refractivity contribution is 5.74. The normalized spacial score (nSPS) is 20.5. The van der Waals surface area contributed by atoms with E-state index in [4.69, 9.17) is 4.74 Å². The summed E-state index contributed by atoms with van der Waals surface area (Å²) in [6.07, 6.45) is 9.17. The van der Waals surface area contributed by atoms with Crippen molar-refractivity contribution >= 4 is 5.97 Å². The Kier molecular flexibility index (Phi) is 6.56. The van der Waals surface area contributed by atoms with Crippen LogP contribution in [0.25, 0.3) is 0 Å². The minimum Gasteiger partial charge on any atom is -0.481 e. The third-order valence-corrected chi connectivity index (χ3v) is 3.91. The first-order valence-corrected chi connectivity index (χ1v) is 7.02. The van der Waals surface area contributed by atoms with Gasteiger partial charge < -0.3 is 9.84 Å². The molecule has 0 aromatic rings. The van der Waals surface area contributed by atoms with Crippen molar-refractivity contribution in [1.82, 2.24) is 0 Å². The zero-order valence-corrected chi connectivity index (χ0v) is 11.0. The summed E-state index contributed by atoms with van der Waals surface area (Å²) in [5.74, 6) is -0.587. The monoisotopic (exact) mass is 242 g/mol. The molecule has 1 rings (SSSR count). The fourth-order valence-corrected chi connectivity index (χ4v) is 2.81. The van der Waals surface area contributed by atoms with Crippen molar-refractivity contribution < 1.29 is 14.6 Å². The summed E-state index contributed by atoms with van der Waals surface area (Å²) in [4.78, 5) is 11.6. The van der Waals surface area contributed by atoms with Gasteiger partial charge in [-0.05, 0) is 32.6 Å². The first-order chi connectivity index (χ1) is 8.21. The number of rotatable bonds is 6. The van der Waals surface area contributed by atoms with E-state index in [9.17, 15) is 9.90 Å². The maximum absolute atomic E-state index is 11.6. The van der Waals surface area contributed by atoms with Crippen LogP contribution in [0.4, 0.5) is 0 Å². The van der Waals surface area contributed by atoms with Crippen LogP contribution in [0.1, 0.15) is 64.7 Å². The molecular formula is C14H26O3. The Morgan fingerprint density at radius 2 is 1.76 bits per heavy atom. The van der Waals surface area contributed by atoms with Gasteiger partial charge in [-0.15, -0.1) is 0 Å². The molecule has 0 bridgehead atoms. The highest BCUT2D eigenvalue weighted by Gasteiger charge is 2.37. The Morgan fingerprint density at radius 3 is 2.29 bits per heavy atom. The van der Waals surface area contributed by atoms with Crippen molar-refractivity contribution in [3.63, 3.8) is 0 Å². The highest BCUT2D eigenvalue weighted by atomic mass is 16.5. The summed E-state index contributed by atoms with van der Waals surface area (Å²) in [6.45, 7) is 3.40. The van der Waals surface area contributed by atoms with Crippen molar-refractivity contribution in [2.75, 3.05) is 13.2 Å². The molecule has 1 fully saturated rings. The smallest absolute Gasteiger partial charge is 0.309 e. The van der Waals surface area contributed by atoms with Gasteiger partial charge in [-0.1, -0.05) is 32.1 Å². The van der Waals surface area contributed by atoms with Crippen LogP contribution in [0.15, 0.2) is 0 Å². The minimum absolute atomic E-state index is 0.461. The van der Waals surface area contributed by atoms with Gasteiger partial charge in [0.1, 0.15) is 0 Å². The summed E-state index contributed by atoms with van der Waals surface area (Å²) >= 11 is 0. The van der Waals surface area contributed by atoms with Crippen molar-refractivity contribution in [3.8, 4) is 0 Å². The second kappa shape index (κ2) is 7.70. The third kappa shape index (κ3) is 4.66. The largest absolute Gasteiger partial charge is 0.481 e. The van der Waals surface area contributed by atoms with Crippen LogP contribution < -0.4 is 0 Å². The Morgan fingerprint density at radius 1 is 1.18 bits per heavy atom. The van der Waals surface area contributed by atoms with Gasteiger partial charge in [0.05, 0.1) is 5.41 Å². The zero-order valence-electron chi connectivity index (χ0n) is 11.0. The molecule has 0 amide bonds. The number of carbonyl (C=O) groups is 1. The lowest BCUT2D eigenvalue weighted by molar-refractivity contribution is -0.151. The second-order valence-electron chi connectivity index (χ2n) is 5.15. The highest BCUT2D eigenvalue weighted by Crippen LogP contribution is 2.38. The van der Waals surface area contributed by atoms with Gasteiger partial charge in [0.15, 0.2) is 0 Å². The molecule has 100 valence electrons. The predicted octanol–water partition coefficient (Wildman–Crippen LogP) is 3.62. The Balaban J connectivity index is 2.49. The molecule has 0 heterocycles. The molecule has 1 N–H and O–H groups in total. The number of ether oxygens (including phenoxy) is 1. The van der Waals surface area contributed by atoms with Crippen LogP contribution in [0, 0.1) is 5.41 Å². The molecule has 17 heavy (non-hydrogen) atoms. The predicted molar refractivity (Wildman–Crippen MR) is 68.1 cm³/mol. The molecule has 1 aliphatic carbocycles. The number of carboxylic acids is 1. The summed E-state index contributed by atoms with van der Waals surface area (Å²) in [7, 11) is 0. The first-order valence-electron chi connectivity index (χ1n) is 7.02. The van der Waals surface area contributed by atoms with Gasteiger partial charge in [-0.2, -0.15) is 0 Å². The molecule has 0 aromatic heterocycles. The summed E-state index contributed by atoms with van der Waals surface area (Å²) < 4.78 is 5.31. The lowest BCUT2D eigenvalue weighted by Gasteiger charge is -2.31. The van der Waals surface area contributed by atoms with E-state index in [0.29, 0.717) is 6.61 Å². The molecule has 0 aliphatic heterocycles. The Bertz CT molecular complexity index is 218. The van der Waals surface area contributed by atoms with E-state index >= 15 is 0 Å². The zero-order chi connectivity index (χ0) is 12.6. The average Bonchev–Trinajstić information content (AvgIpc) is 2.26. The lowest BCUT2D eigenvalue weighted by Crippen LogP contribution is -2.32. The average molecular weight is 242 g/mol. The van der Waals surface area contributed by atoms with Crippen molar-refractivity contribution in [3.05, 3.63) is 0 Å². The first kappa shape index (κ1) is 14.5. The van der Waals surface area contributed by atoms with Crippen molar-refractivity contribution in [1.29, 1.82) is 0 Å². The molecule has 0 atom stereocenters. The van der Waals surface area contributed by atoms with Crippen LogP contribution in [-0.2, 0) is 9.53 Å². The molecule has 1 aliphatic rings. The molecular weight excluding hydrogens is 216 g/mol. The van der Waals surface area contributed by atoms with Crippen LogP contribution in [0.3, 0.4) is 0 Å². The Labute approximate surface area is 105 Å². The third-order valence-electron chi connectivity index (χ3n) is 3.91. The second-order valence-corrected chi connectivity index (χ2v) is 5.15. The SMILES string of the molecule is CCOCCCC1(C(=O)O)CCCCCCC1. The molecule has 1 saturated carbocycles. The Hall–Kier alpha value is -0.570. The van der Waals surface area contributed by atoms with Gasteiger partial charge in [-0.3, -0.25) is 4.79 Å². The number of carboxylic acid groups (broad SMARTS) is 1. The summed E-state index contributed by atoms with van der Waals surface area (Å²) in [5.41, 5.74) is -0.461. The standard InChI is InChI=1S/C14H26O3/c1-2-17-12-8-11-14(13(15)16)9-6-4-3-5-7-10-14/h2-12H2,1H3,(H,15,16). The topological polar surface area (TPSA) is 46.5 Å². The van der Waals surface area contributed by atoms with Crippen LogP contribution in [0.5, 0.6) is 0 Å². The number of hydrogen-bond donors (Lipinski definition) is 1. The molecule has 3 heteroatoms. The van der Waals surface area contributed by atoms with E-state index in [1.165, 1.54) is 19.3 Å². The van der Waals surface area contributed by atoms with E-state index in [1.54, 1.807) is 0 Å². The maximum atomic E-state index is 11.6. The molecule has 0 radical (unpaired) electrons. The summed E-state index contributed by atoms with van der Waals surface area (Å²) in [5, 5.41) is 9.52. The quantitative estimate of drug-likeness (QED) is 0.724. The molecule has 0 unspecified atom stereocenters. The lowest BCUT2D eigenvalue weighted by atomic mass is 9.73. The van der Waals surface area contributed by atoms with Gasteiger partial charge in [0, 0.05) is 13.2 Å². The van der Waals surface area contributed by atoms with Crippen LogP contribution in [-0.4, -0.2) is 24.3 Å². The van der Waals surface area contributed by atoms with Crippen LogP contribution >= 0.6 is 0 Å². The van der Waals surface area contributed by atoms with E-state index in [2.05, 4.69) is 0 Å². The van der Waals surface area contributed by atoms with Crippen LogP contribution in [0.2, 0.25) is 0 Å². The molecule has 3 nitrogen and oxygen atoms in total. The van der Waals surface area contributed by atoms with E-state index in [0.717, 1.165) is 45.1 Å². The summed E-state index contributed by atoms with van der Waals surface area (Å²) in [6, 6.07) is 0. The van der Waals surface area contributed by atoms with Gasteiger partial charge in [0.25, 0.3) is 0 Å². The fraction of sp³-hybridized carbons (Fsp3) is 0.929.